The Hall–Kier alpha value is -1.67. The highest BCUT2D eigenvalue weighted by molar-refractivity contribution is 6.29. The first kappa shape index (κ1) is 13.8. The molecule has 1 saturated carbocycles. The molecule has 1 aliphatic rings. The van der Waals surface area contributed by atoms with Gasteiger partial charge in [-0.1, -0.05) is 30.9 Å². The van der Waals surface area contributed by atoms with E-state index in [2.05, 4.69) is 16.0 Å². The molecule has 2 rings (SSSR count). The molecule has 1 aromatic heterocycles. The topological polar surface area (TPSA) is 69.9 Å². The van der Waals surface area contributed by atoms with Crippen LogP contribution in [0.25, 0.3) is 0 Å². The maximum Gasteiger partial charge on any atom is 0.275 e. The van der Waals surface area contributed by atoms with E-state index in [0.29, 0.717) is 12.8 Å². The summed E-state index contributed by atoms with van der Waals surface area (Å²) < 4.78 is 0. The summed E-state index contributed by atoms with van der Waals surface area (Å²) in [6.45, 7) is 0. The van der Waals surface area contributed by atoms with Crippen LogP contribution in [-0.2, 0) is 0 Å². The van der Waals surface area contributed by atoms with Crippen LogP contribution in [0, 0.1) is 11.3 Å². The van der Waals surface area contributed by atoms with Crippen molar-refractivity contribution in [1.82, 2.24) is 14.9 Å². The van der Waals surface area contributed by atoms with Gasteiger partial charge < -0.3 is 4.90 Å². The summed E-state index contributed by atoms with van der Waals surface area (Å²) in [6.07, 6.45) is 7.16. The van der Waals surface area contributed by atoms with E-state index in [4.69, 9.17) is 11.6 Å². The molecule has 5 nitrogen and oxygen atoms in total. The average Bonchev–Trinajstić information content (AvgIpc) is 2.47. The molecule has 0 bridgehead atoms. The van der Waals surface area contributed by atoms with Crippen LogP contribution in [0.5, 0.6) is 0 Å². The summed E-state index contributed by atoms with van der Waals surface area (Å²) in [5.41, 5.74) is -0.497. The normalized spacial score (nSPS) is 17.5. The molecule has 0 N–H and O–H groups in total. The van der Waals surface area contributed by atoms with Crippen molar-refractivity contribution in [2.75, 3.05) is 7.05 Å². The van der Waals surface area contributed by atoms with E-state index in [9.17, 15) is 10.1 Å². The van der Waals surface area contributed by atoms with Gasteiger partial charge in [-0.3, -0.25) is 4.79 Å². The van der Waals surface area contributed by atoms with Crippen LogP contribution in [0.15, 0.2) is 12.4 Å². The molecule has 1 amide bonds. The van der Waals surface area contributed by atoms with Gasteiger partial charge in [-0.15, -0.1) is 0 Å². The first-order valence-corrected chi connectivity index (χ1v) is 6.64. The number of carbonyl (C=O) groups excluding carboxylic acids is 1. The van der Waals surface area contributed by atoms with Gasteiger partial charge >= 0.3 is 0 Å². The van der Waals surface area contributed by atoms with Gasteiger partial charge in [0.25, 0.3) is 5.91 Å². The minimum absolute atomic E-state index is 0.215. The number of nitriles is 1. The van der Waals surface area contributed by atoms with E-state index in [-0.39, 0.29) is 16.8 Å². The quantitative estimate of drug-likeness (QED) is 0.833. The third-order valence-corrected chi connectivity index (χ3v) is 3.87. The molecule has 6 heteroatoms. The number of nitrogens with zero attached hydrogens (tertiary/aromatic N) is 4. The number of hydrogen-bond acceptors (Lipinski definition) is 4. The van der Waals surface area contributed by atoms with Crippen LogP contribution >= 0.6 is 11.6 Å². The summed E-state index contributed by atoms with van der Waals surface area (Å²) >= 11 is 5.65. The Bertz CT molecular complexity index is 502. The van der Waals surface area contributed by atoms with Crippen molar-refractivity contribution in [2.45, 2.75) is 37.6 Å². The lowest BCUT2D eigenvalue weighted by atomic mass is 9.81. The van der Waals surface area contributed by atoms with E-state index in [1.807, 2.05) is 0 Å². The van der Waals surface area contributed by atoms with Crippen LogP contribution < -0.4 is 0 Å². The number of halogens is 1. The van der Waals surface area contributed by atoms with Gasteiger partial charge in [-0.25, -0.2) is 9.97 Å². The fourth-order valence-corrected chi connectivity index (χ4v) is 2.55. The molecular weight excluding hydrogens is 264 g/mol. The zero-order chi connectivity index (χ0) is 13.9. The lowest BCUT2D eigenvalue weighted by Crippen LogP contribution is -2.50. The SMILES string of the molecule is CN(C(=O)c1cnc(Cl)cn1)C1(C#N)CCCCC1. The smallest absolute Gasteiger partial charge is 0.275 e. The average molecular weight is 279 g/mol. The molecule has 0 aliphatic heterocycles. The predicted molar refractivity (Wildman–Crippen MR) is 70.6 cm³/mol. The molecule has 1 fully saturated rings. The lowest BCUT2D eigenvalue weighted by molar-refractivity contribution is 0.0582. The van der Waals surface area contributed by atoms with E-state index in [1.165, 1.54) is 17.3 Å². The molecule has 0 spiro atoms. The van der Waals surface area contributed by atoms with E-state index in [1.54, 1.807) is 7.05 Å². The van der Waals surface area contributed by atoms with Crippen molar-refractivity contribution in [3.05, 3.63) is 23.2 Å². The molecule has 0 radical (unpaired) electrons. The van der Waals surface area contributed by atoms with Crippen LogP contribution in [0.1, 0.15) is 42.6 Å². The summed E-state index contributed by atoms with van der Waals surface area (Å²) in [4.78, 5) is 21.7. The Morgan fingerprint density at radius 3 is 2.58 bits per heavy atom. The molecule has 0 atom stereocenters. The maximum absolute atomic E-state index is 12.3. The minimum atomic E-state index is -0.712. The highest BCUT2D eigenvalue weighted by Gasteiger charge is 2.39. The summed E-state index contributed by atoms with van der Waals surface area (Å²) in [5, 5.41) is 9.69. The van der Waals surface area contributed by atoms with Crippen molar-refractivity contribution in [2.24, 2.45) is 0 Å². The third-order valence-electron chi connectivity index (χ3n) is 3.67. The first-order valence-electron chi connectivity index (χ1n) is 6.26. The van der Waals surface area contributed by atoms with E-state index in [0.717, 1.165) is 19.3 Å². The Kier molecular flexibility index (Phi) is 4.01. The number of rotatable bonds is 2. The van der Waals surface area contributed by atoms with Crippen molar-refractivity contribution in [3.8, 4) is 6.07 Å². The molecule has 19 heavy (non-hydrogen) atoms. The largest absolute Gasteiger partial charge is 0.322 e. The number of hydrogen-bond donors (Lipinski definition) is 0. The summed E-state index contributed by atoms with van der Waals surface area (Å²) in [6, 6.07) is 2.31. The second kappa shape index (κ2) is 5.54. The molecule has 1 aromatic rings. The molecule has 0 saturated heterocycles. The second-order valence-corrected chi connectivity index (χ2v) is 5.18. The number of aromatic nitrogens is 2. The van der Waals surface area contributed by atoms with Crippen LogP contribution in [0.3, 0.4) is 0 Å². The molecule has 100 valence electrons. The van der Waals surface area contributed by atoms with E-state index >= 15 is 0 Å². The second-order valence-electron chi connectivity index (χ2n) is 4.79. The van der Waals surface area contributed by atoms with Gasteiger partial charge in [-0.05, 0) is 12.8 Å². The Morgan fingerprint density at radius 1 is 1.37 bits per heavy atom. The standard InChI is InChI=1S/C13H15ClN4O/c1-18(13(9-15)5-3-2-4-6-13)12(19)10-7-17-11(14)8-16-10/h7-8H,2-6H2,1H3. The summed E-state index contributed by atoms with van der Waals surface area (Å²) in [5.74, 6) is -0.285. The van der Waals surface area contributed by atoms with Crippen LogP contribution in [0.4, 0.5) is 0 Å². The first-order chi connectivity index (χ1) is 9.09. The molecule has 0 unspecified atom stereocenters. The Morgan fingerprint density at radius 2 is 2.05 bits per heavy atom. The van der Waals surface area contributed by atoms with Gasteiger partial charge in [0.05, 0.1) is 18.5 Å². The van der Waals surface area contributed by atoms with Gasteiger partial charge in [0.1, 0.15) is 16.4 Å². The third kappa shape index (κ3) is 2.69. The Balaban J connectivity index is 2.22. The maximum atomic E-state index is 12.3. The molecular formula is C13H15ClN4O. The van der Waals surface area contributed by atoms with Crippen molar-refractivity contribution < 1.29 is 4.79 Å². The van der Waals surface area contributed by atoms with Crippen LogP contribution in [0.2, 0.25) is 5.15 Å². The number of carbonyl (C=O) groups is 1. The fraction of sp³-hybridized carbons (Fsp3) is 0.538. The molecule has 0 aromatic carbocycles. The summed E-state index contributed by atoms with van der Waals surface area (Å²) in [7, 11) is 1.66. The monoisotopic (exact) mass is 278 g/mol. The number of amides is 1. The lowest BCUT2D eigenvalue weighted by Gasteiger charge is -2.38. The molecule has 1 aliphatic carbocycles. The zero-order valence-corrected chi connectivity index (χ0v) is 11.5. The van der Waals surface area contributed by atoms with Crippen molar-refractivity contribution >= 4 is 17.5 Å². The van der Waals surface area contributed by atoms with Gasteiger partial charge in [-0.2, -0.15) is 5.26 Å². The van der Waals surface area contributed by atoms with Gasteiger partial charge in [0.15, 0.2) is 0 Å². The highest BCUT2D eigenvalue weighted by atomic mass is 35.5. The Labute approximate surface area is 117 Å². The van der Waals surface area contributed by atoms with E-state index < -0.39 is 5.54 Å². The van der Waals surface area contributed by atoms with Gasteiger partial charge in [0, 0.05) is 7.05 Å². The van der Waals surface area contributed by atoms with Crippen molar-refractivity contribution in [1.29, 1.82) is 5.26 Å². The predicted octanol–water partition coefficient (Wildman–Crippen LogP) is 2.43. The zero-order valence-electron chi connectivity index (χ0n) is 10.8. The fourth-order valence-electron chi connectivity index (χ4n) is 2.45. The highest BCUT2D eigenvalue weighted by Crippen LogP contribution is 2.33. The van der Waals surface area contributed by atoms with Gasteiger partial charge in [0.2, 0.25) is 0 Å². The van der Waals surface area contributed by atoms with Crippen molar-refractivity contribution in [3.63, 3.8) is 0 Å². The molecule has 1 heterocycles. The minimum Gasteiger partial charge on any atom is -0.322 e. The van der Waals surface area contributed by atoms with Crippen LogP contribution in [-0.4, -0.2) is 33.4 Å².